The van der Waals surface area contributed by atoms with Gasteiger partial charge in [0.05, 0.1) is 33.3 Å². The molecule has 4 rings (SSSR count). The largest absolute Gasteiger partial charge is 0.397 e. The van der Waals surface area contributed by atoms with Crippen LogP contribution in [0, 0.1) is 6.92 Å². The highest BCUT2D eigenvalue weighted by molar-refractivity contribution is 7.13. The average Bonchev–Trinajstić information content (AvgIpc) is 3.55. The first-order valence-corrected chi connectivity index (χ1v) is 12.0. The lowest BCUT2D eigenvalue weighted by atomic mass is 10.1. The predicted octanol–water partition coefficient (Wildman–Crippen LogP) is 6.25. The number of nitrogens with two attached hydrogens (primary N) is 1. The topological polar surface area (TPSA) is 54.2 Å². The summed E-state index contributed by atoms with van der Waals surface area (Å²) in [5.41, 5.74) is 14.8. The number of nitrogens with one attached hydrogen (secondary N) is 1. The monoisotopic (exact) mass is 432 g/mol. The molecule has 1 aliphatic heterocycles. The number of nitrogens with zero attached hydrogens (tertiary/aromatic N) is 2. The number of nitrogen functional groups attached to an aromatic ring is 1. The molecule has 3 N–H and O–H groups in total. The Morgan fingerprint density at radius 2 is 1.97 bits per heavy atom. The van der Waals surface area contributed by atoms with Crippen LogP contribution in [0.5, 0.6) is 0 Å². The minimum Gasteiger partial charge on any atom is -0.397 e. The van der Waals surface area contributed by atoms with Crippen LogP contribution in [0.4, 0.5) is 5.69 Å². The molecule has 2 aromatic rings. The Hall–Kier alpha value is -2.79. The van der Waals surface area contributed by atoms with E-state index in [0.29, 0.717) is 5.69 Å². The maximum Gasteiger partial charge on any atom is 0.110 e. The van der Waals surface area contributed by atoms with Gasteiger partial charge >= 0.3 is 0 Å². The van der Waals surface area contributed by atoms with Crippen molar-refractivity contribution in [1.82, 2.24) is 15.2 Å². The molecule has 0 unspecified atom stereocenters. The highest BCUT2D eigenvalue weighted by Crippen LogP contribution is 2.38. The van der Waals surface area contributed by atoms with Gasteiger partial charge in [-0.25, -0.2) is 4.98 Å². The first-order valence-electron chi connectivity index (χ1n) is 11.2. The Labute approximate surface area is 189 Å². The first kappa shape index (κ1) is 21.4. The van der Waals surface area contributed by atoms with E-state index >= 15 is 0 Å². The number of allylic oxidation sites excluding steroid dienone is 4. The number of hydrogen-bond donors (Lipinski definition) is 2. The van der Waals surface area contributed by atoms with Gasteiger partial charge in [-0.05, 0) is 92.8 Å². The molecule has 0 radical (unpaired) electrons. The van der Waals surface area contributed by atoms with Crippen LogP contribution >= 0.6 is 11.3 Å². The Kier molecular flexibility index (Phi) is 6.62. The fourth-order valence-electron chi connectivity index (χ4n) is 4.07. The van der Waals surface area contributed by atoms with E-state index in [9.17, 15) is 0 Å². The zero-order chi connectivity index (χ0) is 21.8. The highest BCUT2D eigenvalue weighted by Gasteiger charge is 2.24. The molecule has 1 saturated heterocycles. The summed E-state index contributed by atoms with van der Waals surface area (Å²) in [5.74, 6) is 0. The first-order chi connectivity index (χ1) is 15.1. The summed E-state index contributed by atoms with van der Waals surface area (Å²) >= 11 is 1.72. The molecule has 0 bridgehead atoms. The van der Waals surface area contributed by atoms with Crippen LogP contribution in [0.2, 0.25) is 0 Å². The van der Waals surface area contributed by atoms with Crippen LogP contribution in [-0.2, 0) is 0 Å². The molecule has 2 aromatic heterocycles. The SMILES string of the molecule is C=C/C(NC(=C1CC1)c1nc(-c2sccc2C)ccc1N)=C(\C=C/C)N1CCCCC1. The summed E-state index contributed by atoms with van der Waals surface area (Å²) in [6, 6.07) is 6.14. The Morgan fingerprint density at radius 3 is 2.58 bits per heavy atom. The van der Waals surface area contributed by atoms with E-state index in [2.05, 4.69) is 54.2 Å². The molecule has 31 heavy (non-hydrogen) atoms. The Bertz CT molecular complexity index is 1050. The molecule has 0 spiro atoms. The van der Waals surface area contributed by atoms with Gasteiger partial charge in [-0.1, -0.05) is 12.7 Å². The van der Waals surface area contributed by atoms with Crippen LogP contribution in [0.25, 0.3) is 16.3 Å². The molecular formula is C26H32N4S. The Morgan fingerprint density at radius 1 is 1.19 bits per heavy atom. The lowest BCUT2D eigenvalue weighted by Crippen LogP contribution is -2.31. The van der Waals surface area contributed by atoms with E-state index in [0.717, 1.165) is 48.7 Å². The van der Waals surface area contributed by atoms with Crippen molar-refractivity contribution in [3.05, 3.63) is 76.6 Å². The molecule has 2 aliphatic rings. The van der Waals surface area contributed by atoms with Gasteiger partial charge < -0.3 is 16.0 Å². The quantitative estimate of drug-likeness (QED) is 0.507. The fourth-order valence-corrected chi connectivity index (χ4v) is 4.97. The average molecular weight is 433 g/mol. The highest BCUT2D eigenvalue weighted by atomic mass is 32.1. The number of likely N-dealkylation sites (tertiary alicyclic amines) is 1. The molecule has 0 amide bonds. The van der Waals surface area contributed by atoms with Gasteiger partial charge in [0, 0.05) is 13.1 Å². The number of thiophene rings is 1. The second kappa shape index (κ2) is 9.56. The maximum atomic E-state index is 6.44. The third-order valence-corrected chi connectivity index (χ3v) is 6.91. The fraction of sp³-hybridized carbons (Fsp3) is 0.346. The van der Waals surface area contributed by atoms with E-state index in [4.69, 9.17) is 10.7 Å². The van der Waals surface area contributed by atoms with Crippen LogP contribution in [0.3, 0.4) is 0 Å². The number of hydrogen-bond acceptors (Lipinski definition) is 5. The number of pyridine rings is 1. The summed E-state index contributed by atoms with van der Waals surface area (Å²) in [7, 11) is 0. The third-order valence-electron chi connectivity index (χ3n) is 5.87. The van der Waals surface area contributed by atoms with Crippen molar-refractivity contribution in [2.75, 3.05) is 18.8 Å². The van der Waals surface area contributed by atoms with E-state index < -0.39 is 0 Å². The molecule has 5 heteroatoms. The molecule has 0 atom stereocenters. The van der Waals surface area contributed by atoms with E-state index in [1.165, 1.54) is 41.0 Å². The van der Waals surface area contributed by atoms with Gasteiger partial charge in [0.25, 0.3) is 0 Å². The Balaban J connectivity index is 1.74. The molecule has 162 valence electrons. The van der Waals surface area contributed by atoms with Crippen molar-refractivity contribution in [3.8, 4) is 10.6 Å². The number of rotatable bonds is 7. The summed E-state index contributed by atoms with van der Waals surface area (Å²) in [4.78, 5) is 8.68. The van der Waals surface area contributed by atoms with Crippen molar-refractivity contribution < 1.29 is 0 Å². The lowest BCUT2D eigenvalue weighted by Gasteiger charge is -2.31. The molecular weight excluding hydrogens is 400 g/mol. The van der Waals surface area contributed by atoms with E-state index in [1.54, 1.807) is 11.3 Å². The number of aryl methyl sites for hydroxylation is 1. The van der Waals surface area contributed by atoms with E-state index in [-0.39, 0.29) is 0 Å². The van der Waals surface area contributed by atoms with Gasteiger partial charge in [0.2, 0.25) is 0 Å². The standard InChI is InChI=1S/C26H32N4S/c1-4-9-23(30-15-7-6-8-16-30)21(5-2)28-24(19-10-11-19)25-20(27)12-13-22(29-25)26-18(3)14-17-31-26/h4-5,9,12-14,17,28H,2,6-8,10-11,15-16,27H2,1,3H3/b9-4-,23-21-. The predicted molar refractivity (Wildman–Crippen MR) is 133 cm³/mol. The van der Waals surface area contributed by atoms with Crippen molar-refractivity contribution in [3.63, 3.8) is 0 Å². The minimum absolute atomic E-state index is 0.703. The molecule has 4 nitrogen and oxygen atoms in total. The maximum absolute atomic E-state index is 6.44. The normalized spacial score (nSPS) is 17.0. The zero-order valence-electron chi connectivity index (χ0n) is 18.6. The number of anilines is 1. The van der Waals surface area contributed by atoms with Gasteiger partial charge in [0.1, 0.15) is 5.69 Å². The molecule has 2 fully saturated rings. The van der Waals surface area contributed by atoms with Crippen molar-refractivity contribution in [2.24, 2.45) is 0 Å². The molecule has 3 heterocycles. The molecule has 1 saturated carbocycles. The van der Waals surface area contributed by atoms with Gasteiger partial charge in [-0.15, -0.1) is 11.3 Å². The number of aromatic nitrogens is 1. The second-order valence-electron chi connectivity index (χ2n) is 8.22. The third kappa shape index (κ3) is 4.77. The van der Waals surface area contributed by atoms with Crippen LogP contribution in [0.1, 0.15) is 50.3 Å². The second-order valence-corrected chi connectivity index (χ2v) is 9.14. The number of piperidine rings is 1. The van der Waals surface area contributed by atoms with Crippen LogP contribution in [-0.4, -0.2) is 23.0 Å². The van der Waals surface area contributed by atoms with Gasteiger partial charge in [-0.3, -0.25) is 0 Å². The van der Waals surface area contributed by atoms with E-state index in [1.807, 2.05) is 18.2 Å². The van der Waals surface area contributed by atoms with Gasteiger partial charge in [0.15, 0.2) is 0 Å². The summed E-state index contributed by atoms with van der Waals surface area (Å²) in [6.07, 6.45) is 12.2. The van der Waals surface area contributed by atoms with Crippen molar-refractivity contribution >= 4 is 22.7 Å². The minimum atomic E-state index is 0.703. The smallest absolute Gasteiger partial charge is 0.110 e. The summed E-state index contributed by atoms with van der Waals surface area (Å²) in [5, 5.41) is 5.81. The molecule has 0 aromatic carbocycles. The van der Waals surface area contributed by atoms with Crippen LogP contribution < -0.4 is 11.1 Å². The lowest BCUT2D eigenvalue weighted by molar-refractivity contribution is 0.290. The van der Waals surface area contributed by atoms with Crippen LogP contribution in [0.15, 0.2) is 65.4 Å². The van der Waals surface area contributed by atoms with Crippen molar-refractivity contribution in [1.29, 1.82) is 0 Å². The summed E-state index contributed by atoms with van der Waals surface area (Å²) < 4.78 is 0. The van der Waals surface area contributed by atoms with Crippen molar-refractivity contribution in [2.45, 2.75) is 46.0 Å². The summed E-state index contributed by atoms with van der Waals surface area (Å²) in [6.45, 7) is 10.5. The van der Waals surface area contributed by atoms with Gasteiger partial charge in [-0.2, -0.15) is 0 Å². The zero-order valence-corrected chi connectivity index (χ0v) is 19.4. The molecule has 1 aliphatic carbocycles.